The maximum atomic E-state index is 13.4. The number of para-hydroxylation sites is 2. The molecule has 0 spiro atoms. The minimum Gasteiger partial charge on any atom is -0.462 e. The molecule has 2 heterocycles. The molecule has 1 aliphatic rings. The van der Waals surface area contributed by atoms with Gasteiger partial charge in [-0.25, -0.2) is 9.78 Å². The number of nitrogens with zero attached hydrogens (tertiary/aromatic N) is 2. The second-order valence-corrected chi connectivity index (χ2v) is 9.56. The molecule has 6 nitrogen and oxygen atoms in total. The maximum Gasteiger partial charge on any atom is 0.338 e. The van der Waals surface area contributed by atoms with E-state index in [2.05, 4.69) is 22.1 Å². The van der Waals surface area contributed by atoms with Gasteiger partial charge in [-0.2, -0.15) is 0 Å². The predicted molar refractivity (Wildman–Crippen MR) is 149 cm³/mol. The number of fused-ring (bicyclic) bond motifs is 3. The van der Waals surface area contributed by atoms with E-state index in [0.29, 0.717) is 5.56 Å². The fourth-order valence-corrected chi connectivity index (χ4v) is 4.96. The highest BCUT2D eigenvalue weighted by Gasteiger charge is 2.25. The Morgan fingerprint density at radius 2 is 1.53 bits per heavy atom. The summed E-state index contributed by atoms with van der Waals surface area (Å²) in [6.07, 6.45) is 1.82. The molecule has 0 unspecified atom stereocenters. The fourth-order valence-electron chi connectivity index (χ4n) is 4.96. The van der Waals surface area contributed by atoms with Crippen molar-refractivity contribution in [3.05, 3.63) is 113 Å². The summed E-state index contributed by atoms with van der Waals surface area (Å²) in [5.74, 6) is 0.170. The van der Waals surface area contributed by atoms with Crippen LogP contribution in [-0.2, 0) is 22.4 Å². The Bertz CT molecular complexity index is 1610. The van der Waals surface area contributed by atoms with Gasteiger partial charge in [-0.1, -0.05) is 66.2 Å². The van der Waals surface area contributed by atoms with Gasteiger partial charge in [0, 0.05) is 5.56 Å². The van der Waals surface area contributed by atoms with E-state index in [-0.39, 0.29) is 18.9 Å². The molecule has 1 amide bonds. The normalized spacial score (nSPS) is 12.5. The Kier molecular flexibility index (Phi) is 6.22. The number of ether oxygens (including phenoxy) is 1. The van der Waals surface area contributed by atoms with Crippen molar-refractivity contribution in [2.75, 3.05) is 11.5 Å². The van der Waals surface area contributed by atoms with Crippen LogP contribution in [0.25, 0.3) is 22.4 Å². The van der Waals surface area contributed by atoms with Crippen LogP contribution in [0.5, 0.6) is 0 Å². The molecule has 0 radical (unpaired) electrons. The average molecular weight is 502 g/mol. The number of H-pyrrole nitrogens is 1. The lowest BCUT2D eigenvalue weighted by Gasteiger charge is -2.25. The molecule has 0 aliphatic carbocycles. The molecule has 38 heavy (non-hydrogen) atoms. The van der Waals surface area contributed by atoms with Crippen LogP contribution in [0.1, 0.15) is 33.5 Å². The van der Waals surface area contributed by atoms with E-state index >= 15 is 0 Å². The number of aromatic amines is 1. The summed E-state index contributed by atoms with van der Waals surface area (Å²) in [4.78, 5) is 36.0. The number of carbonyl (C=O) groups excluding carboxylic acids is 2. The summed E-state index contributed by atoms with van der Waals surface area (Å²) in [5, 5.41) is 0. The Morgan fingerprint density at radius 1 is 0.868 bits per heavy atom. The number of benzene rings is 4. The highest BCUT2D eigenvalue weighted by atomic mass is 16.5. The van der Waals surface area contributed by atoms with Crippen LogP contribution >= 0.6 is 0 Å². The highest BCUT2D eigenvalue weighted by molar-refractivity contribution is 6.02. The van der Waals surface area contributed by atoms with E-state index < -0.39 is 5.97 Å². The van der Waals surface area contributed by atoms with Crippen molar-refractivity contribution >= 4 is 34.3 Å². The lowest BCUT2D eigenvalue weighted by molar-refractivity contribution is -0.118. The van der Waals surface area contributed by atoms with Gasteiger partial charge in [0.05, 0.1) is 34.4 Å². The monoisotopic (exact) mass is 501 g/mol. The van der Waals surface area contributed by atoms with E-state index in [9.17, 15) is 9.59 Å². The summed E-state index contributed by atoms with van der Waals surface area (Å²) in [7, 11) is 0. The number of esters is 1. The molecular weight excluding hydrogens is 474 g/mol. The summed E-state index contributed by atoms with van der Waals surface area (Å²) in [6, 6.07) is 29.3. The molecule has 188 valence electrons. The largest absolute Gasteiger partial charge is 0.462 e. The first-order chi connectivity index (χ1) is 18.6. The number of anilines is 2. The van der Waals surface area contributed by atoms with Crippen LogP contribution in [0.15, 0.2) is 91.0 Å². The van der Waals surface area contributed by atoms with E-state index in [4.69, 9.17) is 4.74 Å². The molecule has 1 aromatic heterocycles. The van der Waals surface area contributed by atoms with Gasteiger partial charge in [0.15, 0.2) is 0 Å². The molecule has 1 aliphatic heterocycles. The predicted octanol–water partition coefficient (Wildman–Crippen LogP) is 6.55. The van der Waals surface area contributed by atoms with Crippen molar-refractivity contribution in [2.45, 2.75) is 26.2 Å². The Balaban J connectivity index is 1.16. The van der Waals surface area contributed by atoms with Crippen molar-refractivity contribution in [3.8, 4) is 11.4 Å². The third-order valence-electron chi connectivity index (χ3n) is 6.97. The van der Waals surface area contributed by atoms with Gasteiger partial charge in [0.1, 0.15) is 12.4 Å². The minimum atomic E-state index is -0.470. The molecule has 0 saturated carbocycles. The molecular formula is C32H27N3O3. The number of rotatable bonds is 5. The maximum absolute atomic E-state index is 13.4. The molecule has 4 aromatic carbocycles. The number of hydrogen-bond donors (Lipinski definition) is 1. The molecule has 0 saturated heterocycles. The van der Waals surface area contributed by atoms with Crippen LogP contribution in [0.2, 0.25) is 0 Å². The molecule has 0 atom stereocenters. The first-order valence-electron chi connectivity index (χ1n) is 12.8. The van der Waals surface area contributed by atoms with Crippen LogP contribution in [0.4, 0.5) is 11.4 Å². The topological polar surface area (TPSA) is 75.3 Å². The number of aromatic nitrogens is 2. The molecule has 0 fully saturated rings. The standard InChI is InChI=1S/C32H27N3O3/c1-21-10-12-24(13-11-21)31-33-26-17-16-25(20-27(26)34-31)32(37)38-19-18-30(36)35-28-8-4-2-6-22(28)14-15-23-7-3-5-9-29(23)35/h2-13,16-17,20H,14-15,18-19H2,1H3,(H,33,34). The Hall–Kier alpha value is -4.71. The quantitative estimate of drug-likeness (QED) is 0.277. The van der Waals surface area contributed by atoms with Gasteiger partial charge >= 0.3 is 5.97 Å². The molecule has 5 aromatic rings. The number of nitrogens with one attached hydrogen (secondary N) is 1. The molecule has 6 rings (SSSR count). The van der Waals surface area contributed by atoms with Crippen molar-refractivity contribution in [1.82, 2.24) is 9.97 Å². The molecule has 0 bridgehead atoms. The van der Waals surface area contributed by atoms with Gasteiger partial charge in [-0.3, -0.25) is 9.69 Å². The van der Waals surface area contributed by atoms with E-state index in [0.717, 1.165) is 57.8 Å². The summed E-state index contributed by atoms with van der Waals surface area (Å²) in [6.45, 7) is 2.04. The molecule has 1 N–H and O–H groups in total. The van der Waals surface area contributed by atoms with Gasteiger partial charge in [0.25, 0.3) is 0 Å². The Morgan fingerprint density at radius 3 is 2.21 bits per heavy atom. The SMILES string of the molecule is Cc1ccc(-c2nc3ccc(C(=O)OCCC(=O)N4c5ccccc5CCc5ccccc54)cc3[nH]2)cc1. The summed E-state index contributed by atoms with van der Waals surface area (Å²) < 4.78 is 5.53. The number of imidazole rings is 1. The zero-order valence-electron chi connectivity index (χ0n) is 21.1. The highest BCUT2D eigenvalue weighted by Crippen LogP contribution is 2.36. The smallest absolute Gasteiger partial charge is 0.338 e. The average Bonchev–Trinajstić information content (AvgIpc) is 3.29. The van der Waals surface area contributed by atoms with Crippen LogP contribution < -0.4 is 4.90 Å². The first-order valence-corrected chi connectivity index (χ1v) is 12.8. The molecule has 6 heteroatoms. The Labute approximate surface area is 220 Å². The van der Waals surface area contributed by atoms with Crippen molar-refractivity contribution in [1.29, 1.82) is 0 Å². The van der Waals surface area contributed by atoms with E-state index in [1.807, 2.05) is 67.6 Å². The van der Waals surface area contributed by atoms with Crippen LogP contribution in [-0.4, -0.2) is 28.5 Å². The fraction of sp³-hybridized carbons (Fsp3) is 0.156. The van der Waals surface area contributed by atoms with Crippen LogP contribution in [0.3, 0.4) is 0 Å². The van der Waals surface area contributed by atoms with Gasteiger partial charge in [-0.05, 0) is 61.2 Å². The van der Waals surface area contributed by atoms with Gasteiger partial charge < -0.3 is 9.72 Å². The third-order valence-corrected chi connectivity index (χ3v) is 6.97. The van der Waals surface area contributed by atoms with E-state index in [1.54, 1.807) is 23.1 Å². The number of aryl methyl sites for hydroxylation is 3. The number of carbonyl (C=O) groups is 2. The zero-order valence-corrected chi connectivity index (χ0v) is 21.1. The van der Waals surface area contributed by atoms with Crippen molar-refractivity contribution in [2.24, 2.45) is 0 Å². The first kappa shape index (κ1) is 23.7. The lowest BCUT2D eigenvalue weighted by atomic mass is 10.0. The minimum absolute atomic E-state index is 0.00582. The van der Waals surface area contributed by atoms with Gasteiger partial charge in [-0.15, -0.1) is 0 Å². The van der Waals surface area contributed by atoms with E-state index in [1.165, 1.54) is 5.56 Å². The lowest BCUT2D eigenvalue weighted by Crippen LogP contribution is -2.28. The zero-order chi connectivity index (χ0) is 26.1. The summed E-state index contributed by atoms with van der Waals surface area (Å²) in [5.41, 5.74) is 8.14. The number of hydrogen-bond acceptors (Lipinski definition) is 4. The third kappa shape index (κ3) is 4.57. The van der Waals surface area contributed by atoms with Crippen molar-refractivity contribution < 1.29 is 14.3 Å². The second-order valence-electron chi connectivity index (χ2n) is 9.56. The van der Waals surface area contributed by atoms with Crippen molar-refractivity contribution in [3.63, 3.8) is 0 Å². The van der Waals surface area contributed by atoms with Gasteiger partial charge in [0.2, 0.25) is 5.91 Å². The van der Waals surface area contributed by atoms with Crippen LogP contribution in [0, 0.1) is 6.92 Å². The summed E-state index contributed by atoms with van der Waals surface area (Å²) >= 11 is 0. The number of amides is 1. The second kappa shape index (κ2) is 9.98.